The van der Waals surface area contributed by atoms with E-state index in [4.69, 9.17) is 9.84 Å². The first-order valence-electron chi connectivity index (χ1n) is 5.39. The number of halogens is 2. The second kappa shape index (κ2) is 5.93. The van der Waals surface area contributed by atoms with E-state index in [0.29, 0.717) is 6.42 Å². The third-order valence-electron chi connectivity index (χ3n) is 2.77. The van der Waals surface area contributed by atoms with Gasteiger partial charge in [0, 0.05) is 12.0 Å². The second-order valence-corrected chi connectivity index (χ2v) is 4.12. The first kappa shape index (κ1) is 13.9. The van der Waals surface area contributed by atoms with Crippen LogP contribution in [0.15, 0.2) is 18.2 Å². The van der Waals surface area contributed by atoms with E-state index in [1.807, 2.05) is 0 Å². The molecule has 5 heteroatoms. The summed E-state index contributed by atoms with van der Waals surface area (Å²) in [4.78, 5) is 0. The van der Waals surface area contributed by atoms with Crippen molar-refractivity contribution >= 4 is 0 Å². The zero-order valence-electron chi connectivity index (χ0n) is 9.96. The molecule has 1 aromatic rings. The Morgan fingerprint density at radius 1 is 1.35 bits per heavy atom. The molecule has 1 aromatic carbocycles. The van der Waals surface area contributed by atoms with Crippen LogP contribution in [0.3, 0.4) is 0 Å². The Labute approximate surface area is 99.4 Å². The summed E-state index contributed by atoms with van der Waals surface area (Å²) in [7, 11) is 1.71. The van der Waals surface area contributed by atoms with Gasteiger partial charge in [-0.25, -0.2) is 8.78 Å². The van der Waals surface area contributed by atoms with Gasteiger partial charge in [0.25, 0.3) is 0 Å². The molecule has 1 unspecified atom stereocenters. The highest BCUT2D eigenvalue weighted by Crippen LogP contribution is 2.21. The van der Waals surface area contributed by atoms with Gasteiger partial charge in [-0.3, -0.25) is 0 Å². The Balaban J connectivity index is 2.57. The van der Waals surface area contributed by atoms with Crippen LogP contribution in [-0.2, 0) is 0 Å². The first-order valence-corrected chi connectivity index (χ1v) is 5.39. The van der Waals surface area contributed by atoms with Crippen LogP contribution in [0, 0.1) is 11.6 Å². The second-order valence-electron chi connectivity index (χ2n) is 4.12. The number of hydrogen-bond donors (Lipinski definition) is 2. The van der Waals surface area contributed by atoms with Crippen molar-refractivity contribution in [2.45, 2.75) is 18.9 Å². The van der Waals surface area contributed by atoms with E-state index in [0.717, 1.165) is 12.1 Å². The molecular weight excluding hydrogens is 228 g/mol. The lowest BCUT2D eigenvalue weighted by Crippen LogP contribution is -2.44. The largest absolute Gasteiger partial charge is 0.488 e. The normalized spacial score (nSPS) is 14.4. The molecule has 1 atom stereocenters. The third kappa shape index (κ3) is 3.64. The topological polar surface area (TPSA) is 41.5 Å². The maximum absolute atomic E-state index is 13.2. The van der Waals surface area contributed by atoms with Gasteiger partial charge in [0.1, 0.15) is 0 Å². The van der Waals surface area contributed by atoms with E-state index >= 15 is 0 Å². The number of aliphatic hydroxyl groups is 1. The Morgan fingerprint density at radius 2 is 1.94 bits per heavy atom. The Kier molecular flexibility index (Phi) is 4.84. The molecule has 0 aliphatic heterocycles. The van der Waals surface area contributed by atoms with Crippen molar-refractivity contribution < 1.29 is 18.6 Å². The molecule has 2 N–H and O–H groups in total. The van der Waals surface area contributed by atoms with Crippen molar-refractivity contribution in [3.8, 4) is 5.75 Å². The van der Waals surface area contributed by atoms with Gasteiger partial charge in [-0.05, 0) is 26.1 Å². The van der Waals surface area contributed by atoms with Crippen molar-refractivity contribution in [3.63, 3.8) is 0 Å². The van der Waals surface area contributed by atoms with Crippen molar-refractivity contribution in [2.24, 2.45) is 0 Å². The number of aliphatic hydroxyl groups excluding tert-OH is 1. The quantitative estimate of drug-likeness (QED) is 0.801. The van der Waals surface area contributed by atoms with Crippen LogP contribution in [0.25, 0.3) is 0 Å². The van der Waals surface area contributed by atoms with Crippen LogP contribution in [-0.4, -0.2) is 30.9 Å². The molecule has 0 saturated heterocycles. The fourth-order valence-corrected chi connectivity index (χ4v) is 1.28. The van der Waals surface area contributed by atoms with E-state index in [-0.39, 0.29) is 19.0 Å². The number of likely N-dealkylation sites (N-methyl/N-ethyl adjacent to an activating group) is 1. The molecule has 0 heterocycles. The van der Waals surface area contributed by atoms with Gasteiger partial charge in [-0.2, -0.15) is 0 Å². The zero-order chi connectivity index (χ0) is 12.9. The Bertz CT molecular complexity index is 347. The third-order valence-corrected chi connectivity index (χ3v) is 2.77. The molecule has 0 spiro atoms. The average Bonchev–Trinajstić information content (AvgIpc) is 2.32. The monoisotopic (exact) mass is 245 g/mol. The molecular formula is C12H17F2NO2. The van der Waals surface area contributed by atoms with Crippen molar-refractivity contribution in [1.82, 2.24) is 5.32 Å². The summed E-state index contributed by atoms with van der Waals surface area (Å²) in [5.74, 6) is -1.82. The SMILES string of the molecule is CNC(C)(CO)CCOc1c(F)cccc1F. The number of ether oxygens (including phenoxy) is 1. The van der Waals surface area contributed by atoms with Gasteiger partial charge in [0.05, 0.1) is 13.2 Å². The lowest BCUT2D eigenvalue weighted by molar-refractivity contribution is 0.148. The number of hydrogen-bond acceptors (Lipinski definition) is 3. The number of nitrogens with one attached hydrogen (secondary N) is 1. The highest BCUT2D eigenvalue weighted by Gasteiger charge is 2.21. The number of benzene rings is 1. The minimum Gasteiger partial charge on any atom is -0.488 e. The van der Waals surface area contributed by atoms with Crippen LogP contribution >= 0.6 is 0 Å². The summed E-state index contributed by atoms with van der Waals surface area (Å²) >= 11 is 0. The van der Waals surface area contributed by atoms with Crippen LogP contribution in [0.5, 0.6) is 5.75 Å². The average molecular weight is 245 g/mol. The lowest BCUT2D eigenvalue weighted by Gasteiger charge is -2.26. The van der Waals surface area contributed by atoms with E-state index < -0.39 is 17.2 Å². The minimum atomic E-state index is -0.722. The lowest BCUT2D eigenvalue weighted by atomic mass is 10.0. The van der Waals surface area contributed by atoms with Gasteiger partial charge < -0.3 is 15.2 Å². The first-order chi connectivity index (χ1) is 8.02. The van der Waals surface area contributed by atoms with Gasteiger partial charge >= 0.3 is 0 Å². The maximum Gasteiger partial charge on any atom is 0.190 e. The summed E-state index contributed by atoms with van der Waals surface area (Å²) in [5, 5.41) is 12.1. The zero-order valence-corrected chi connectivity index (χ0v) is 9.96. The van der Waals surface area contributed by atoms with E-state index in [1.165, 1.54) is 6.07 Å². The van der Waals surface area contributed by atoms with Crippen LogP contribution in [0.1, 0.15) is 13.3 Å². The minimum absolute atomic E-state index is 0.0768. The highest BCUT2D eigenvalue weighted by atomic mass is 19.1. The van der Waals surface area contributed by atoms with E-state index in [2.05, 4.69) is 5.32 Å². The molecule has 3 nitrogen and oxygen atoms in total. The van der Waals surface area contributed by atoms with Gasteiger partial charge in [-0.1, -0.05) is 6.07 Å². The molecule has 0 saturated carbocycles. The molecule has 96 valence electrons. The van der Waals surface area contributed by atoms with E-state index in [1.54, 1.807) is 14.0 Å². The molecule has 0 aromatic heterocycles. The molecule has 0 radical (unpaired) electrons. The van der Waals surface area contributed by atoms with Crippen molar-refractivity contribution in [1.29, 1.82) is 0 Å². The number of rotatable bonds is 6. The number of para-hydroxylation sites is 1. The molecule has 0 aliphatic rings. The summed E-state index contributed by atoms with van der Waals surface area (Å²) in [6.07, 6.45) is 0.438. The van der Waals surface area contributed by atoms with E-state index in [9.17, 15) is 8.78 Å². The summed E-state index contributed by atoms with van der Waals surface area (Å²) in [5.41, 5.74) is -0.512. The predicted molar refractivity (Wildman–Crippen MR) is 61.0 cm³/mol. The molecule has 0 bridgehead atoms. The van der Waals surface area contributed by atoms with Crippen LogP contribution in [0.4, 0.5) is 8.78 Å². The Hall–Kier alpha value is -1.20. The summed E-state index contributed by atoms with van der Waals surface area (Å²) in [6.45, 7) is 1.84. The molecule has 0 amide bonds. The summed E-state index contributed by atoms with van der Waals surface area (Å²) in [6, 6.07) is 3.56. The Morgan fingerprint density at radius 3 is 2.41 bits per heavy atom. The maximum atomic E-state index is 13.2. The fraction of sp³-hybridized carbons (Fsp3) is 0.500. The molecule has 0 fully saturated rings. The predicted octanol–water partition coefficient (Wildman–Crippen LogP) is 1.70. The van der Waals surface area contributed by atoms with Crippen molar-refractivity contribution in [3.05, 3.63) is 29.8 Å². The summed E-state index contributed by atoms with van der Waals surface area (Å²) < 4.78 is 31.5. The smallest absolute Gasteiger partial charge is 0.190 e. The fourth-order valence-electron chi connectivity index (χ4n) is 1.28. The van der Waals surface area contributed by atoms with Crippen molar-refractivity contribution in [2.75, 3.05) is 20.3 Å². The highest BCUT2D eigenvalue weighted by molar-refractivity contribution is 5.25. The van der Waals surface area contributed by atoms with Gasteiger partial charge in [0.2, 0.25) is 0 Å². The molecule has 0 aliphatic carbocycles. The van der Waals surface area contributed by atoms with Crippen LogP contribution in [0.2, 0.25) is 0 Å². The standard InChI is InChI=1S/C12H17F2NO2/c1-12(8-16,15-2)6-7-17-11-9(13)4-3-5-10(11)14/h3-5,15-16H,6-8H2,1-2H3. The molecule has 1 rings (SSSR count). The van der Waals surface area contributed by atoms with Crippen LogP contribution < -0.4 is 10.1 Å². The van der Waals surface area contributed by atoms with Gasteiger partial charge in [0.15, 0.2) is 17.4 Å². The van der Waals surface area contributed by atoms with Gasteiger partial charge in [-0.15, -0.1) is 0 Å². The molecule has 17 heavy (non-hydrogen) atoms.